The first-order valence-corrected chi connectivity index (χ1v) is 6.62. The molecule has 0 aliphatic carbocycles. The maximum absolute atomic E-state index is 12.0. The van der Waals surface area contributed by atoms with Gasteiger partial charge < -0.3 is 10.6 Å². The van der Waals surface area contributed by atoms with Crippen LogP contribution < -0.4 is 10.6 Å². The summed E-state index contributed by atoms with van der Waals surface area (Å²) >= 11 is 9.11. The number of carbonyl (C=O) groups excluding carboxylic acids is 2. The van der Waals surface area contributed by atoms with Crippen LogP contribution in [0.5, 0.6) is 0 Å². The van der Waals surface area contributed by atoms with Crippen molar-refractivity contribution in [3.05, 3.63) is 27.5 Å². The minimum absolute atomic E-state index is 0.0163. The lowest BCUT2D eigenvalue weighted by molar-refractivity contribution is -0.122. The highest BCUT2D eigenvalue weighted by molar-refractivity contribution is 9.10. The lowest BCUT2D eigenvalue weighted by Crippen LogP contribution is -2.47. The van der Waals surface area contributed by atoms with Crippen molar-refractivity contribution in [2.24, 2.45) is 0 Å². The maximum Gasteiger partial charge on any atom is 0.254 e. The summed E-state index contributed by atoms with van der Waals surface area (Å²) in [4.78, 5) is 26.9. The third-order valence-electron chi connectivity index (χ3n) is 2.65. The molecule has 0 radical (unpaired) electrons. The Morgan fingerprint density at radius 2 is 2.39 bits per heavy atom. The van der Waals surface area contributed by atoms with E-state index in [1.807, 2.05) is 0 Å². The molecule has 2 amide bonds. The number of hydrogen-bond donors (Lipinski definition) is 2. The summed E-state index contributed by atoms with van der Waals surface area (Å²) in [7, 11) is 0. The first-order valence-electron chi connectivity index (χ1n) is 5.45. The largest absolute Gasteiger partial charge is 0.354 e. The molecule has 2 rings (SSSR count). The zero-order valence-electron chi connectivity index (χ0n) is 9.37. The van der Waals surface area contributed by atoms with Gasteiger partial charge >= 0.3 is 0 Å². The quantitative estimate of drug-likeness (QED) is 0.806. The Bertz CT molecular complexity index is 485. The fourth-order valence-electron chi connectivity index (χ4n) is 1.70. The molecule has 1 atom stereocenters. The van der Waals surface area contributed by atoms with Gasteiger partial charge in [-0.25, -0.2) is 4.98 Å². The van der Waals surface area contributed by atoms with E-state index < -0.39 is 0 Å². The van der Waals surface area contributed by atoms with Crippen molar-refractivity contribution in [2.75, 3.05) is 6.54 Å². The van der Waals surface area contributed by atoms with E-state index in [1.165, 1.54) is 6.20 Å². The van der Waals surface area contributed by atoms with Gasteiger partial charge in [0, 0.05) is 29.7 Å². The number of nitrogens with one attached hydrogen (secondary N) is 2. The van der Waals surface area contributed by atoms with Gasteiger partial charge in [-0.05, 0) is 28.4 Å². The molecule has 0 spiro atoms. The summed E-state index contributed by atoms with van der Waals surface area (Å²) in [6, 6.07) is 1.55. The Hall–Kier alpha value is -1.14. The predicted molar refractivity (Wildman–Crippen MR) is 70.4 cm³/mol. The van der Waals surface area contributed by atoms with Crippen molar-refractivity contribution in [2.45, 2.75) is 18.9 Å². The van der Waals surface area contributed by atoms with Gasteiger partial charge in [0.1, 0.15) is 5.15 Å². The van der Waals surface area contributed by atoms with Crippen LogP contribution in [0.1, 0.15) is 23.2 Å². The molecule has 1 fully saturated rings. The topological polar surface area (TPSA) is 71.1 Å². The molecule has 96 valence electrons. The molecule has 2 N–H and O–H groups in total. The fraction of sp³-hybridized carbons (Fsp3) is 0.364. The van der Waals surface area contributed by atoms with Crippen LogP contribution in [-0.2, 0) is 4.79 Å². The summed E-state index contributed by atoms with van der Waals surface area (Å²) in [6.07, 6.45) is 2.59. The number of piperidine rings is 1. The molecule has 5 nitrogen and oxygen atoms in total. The predicted octanol–water partition coefficient (Wildman–Crippen LogP) is 1.51. The molecule has 1 aliphatic rings. The van der Waals surface area contributed by atoms with Crippen LogP contribution in [0.4, 0.5) is 0 Å². The van der Waals surface area contributed by atoms with E-state index in [1.54, 1.807) is 6.07 Å². The van der Waals surface area contributed by atoms with E-state index in [0.29, 0.717) is 29.4 Å². The van der Waals surface area contributed by atoms with E-state index >= 15 is 0 Å². The number of hydrogen-bond acceptors (Lipinski definition) is 3. The van der Waals surface area contributed by atoms with Gasteiger partial charge in [0.25, 0.3) is 5.91 Å². The second kappa shape index (κ2) is 5.67. The highest BCUT2D eigenvalue weighted by atomic mass is 79.9. The van der Waals surface area contributed by atoms with Crippen molar-refractivity contribution < 1.29 is 9.59 Å². The number of rotatable bonds is 2. The Labute approximate surface area is 117 Å². The van der Waals surface area contributed by atoms with Crippen molar-refractivity contribution in [3.63, 3.8) is 0 Å². The standard InChI is InChI=1S/C11H11BrClN3O2/c12-6-3-8(10(13)15-4-6)11(18)16-7-1-2-9(17)14-5-7/h3-4,7H,1-2,5H2,(H,14,17)(H,16,18). The van der Waals surface area contributed by atoms with Crippen LogP contribution in [-0.4, -0.2) is 29.4 Å². The van der Waals surface area contributed by atoms with Gasteiger partial charge in [0.05, 0.1) is 5.56 Å². The first kappa shape index (κ1) is 13.3. The Morgan fingerprint density at radius 3 is 3.06 bits per heavy atom. The molecule has 1 saturated heterocycles. The monoisotopic (exact) mass is 331 g/mol. The third kappa shape index (κ3) is 3.20. The number of aromatic nitrogens is 1. The lowest BCUT2D eigenvalue weighted by atomic mass is 10.1. The van der Waals surface area contributed by atoms with Crippen LogP contribution >= 0.6 is 27.5 Å². The van der Waals surface area contributed by atoms with Gasteiger partial charge in [-0.1, -0.05) is 11.6 Å². The molecule has 1 aromatic rings. The zero-order chi connectivity index (χ0) is 13.1. The molecule has 2 heterocycles. The number of pyridine rings is 1. The molecule has 1 unspecified atom stereocenters. The number of carbonyl (C=O) groups is 2. The highest BCUT2D eigenvalue weighted by Crippen LogP contribution is 2.18. The normalized spacial score (nSPS) is 19.2. The summed E-state index contributed by atoms with van der Waals surface area (Å²) in [5.74, 6) is -0.266. The second-order valence-electron chi connectivity index (χ2n) is 4.01. The van der Waals surface area contributed by atoms with Crippen LogP contribution in [0, 0.1) is 0 Å². The molecule has 0 saturated carbocycles. The van der Waals surface area contributed by atoms with Gasteiger partial charge in [0.15, 0.2) is 0 Å². The summed E-state index contributed by atoms with van der Waals surface area (Å²) in [5, 5.41) is 5.69. The molecular weight excluding hydrogens is 321 g/mol. The summed E-state index contributed by atoms with van der Waals surface area (Å²) < 4.78 is 0.689. The Kier molecular flexibility index (Phi) is 4.19. The fourth-order valence-corrected chi connectivity index (χ4v) is 2.22. The lowest BCUT2D eigenvalue weighted by Gasteiger charge is -2.23. The van der Waals surface area contributed by atoms with E-state index in [4.69, 9.17) is 11.6 Å². The van der Waals surface area contributed by atoms with Crippen LogP contribution in [0.25, 0.3) is 0 Å². The van der Waals surface area contributed by atoms with Gasteiger partial charge in [0.2, 0.25) is 5.91 Å². The van der Waals surface area contributed by atoms with Crippen LogP contribution in [0.3, 0.4) is 0 Å². The average Bonchev–Trinajstić information content (AvgIpc) is 2.35. The Balaban J connectivity index is 2.03. The van der Waals surface area contributed by atoms with Gasteiger partial charge in [-0.15, -0.1) is 0 Å². The molecular formula is C11H11BrClN3O2. The molecule has 7 heteroatoms. The smallest absolute Gasteiger partial charge is 0.254 e. The molecule has 1 aliphatic heterocycles. The van der Waals surface area contributed by atoms with Crippen LogP contribution in [0.15, 0.2) is 16.7 Å². The van der Waals surface area contributed by atoms with E-state index in [-0.39, 0.29) is 23.0 Å². The summed E-state index contributed by atoms with van der Waals surface area (Å²) in [6.45, 7) is 0.448. The molecule has 18 heavy (non-hydrogen) atoms. The van der Waals surface area contributed by atoms with Crippen molar-refractivity contribution in [1.29, 1.82) is 0 Å². The van der Waals surface area contributed by atoms with Crippen molar-refractivity contribution in [1.82, 2.24) is 15.6 Å². The average molecular weight is 333 g/mol. The Morgan fingerprint density at radius 1 is 1.61 bits per heavy atom. The van der Waals surface area contributed by atoms with E-state index in [2.05, 4.69) is 31.5 Å². The van der Waals surface area contributed by atoms with Crippen molar-refractivity contribution >= 4 is 39.3 Å². The molecule has 1 aromatic heterocycles. The first-order chi connectivity index (χ1) is 8.56. The van der Waals surface area contributed by atoms with Crippen LogP contribution in [0.2, 0.25) is 5.15 Å². The second-order valence-corrected chi connectivity index (χ2v) is 5.28. The summed E-state index contributed by atoms with van der Waals surface area (Å²) in [5.41, 5.74) is 0.322. The molecule has 0 aromatic carbocycles. The van der Waals surface area contributed by atoms with Gasteiger partial charge in [-0.2, -0.15) is 0 Å². The number of nitrogens with zero attached hydrogens (tertiary/aromatic N) is 1. The minimum Gasteiger partial charge on any atom is -0.354 e. The van der Waals surface area contributed by atoms with E-state index in [9.17, 15) is 9.59 Å². The number of halogens is 2. The maximum atomic E-state index is 12.0. The highest BCUT2D eigenvalue weighted by Gasteiger charge is 2.21. The van der Waals surface area contributed by atoms with Gasteiger partial charge in [-0.3, -0.25) is 9.59 Å². The van der Waals surface area contributed by atoms with Crippen molar-refractivity contribution in [3.8, 4) is 0 Å². The number of amides is 2. The SMILES string of the molecule is O=C1CCC(NC(=O)c2cc(Br)cnc2Cl)CN1. The third-order valence-corrected chi connectivity index (χ3v) is 3.39. The minimum atomic E-state index is -0.282. The molecule has 0 bridgehead atoms. The van der Waals surface area contributed by atoms with E-state index in [0.717, 1.165) is 0 Å². The zero-order valence-corrected chi connectivity index (χ0v) is 11.7.